The van der Waals surface area contributed by atoms with Gasteiger partial charge in [-0.3, -0.25) is 4.68 Å². The van der Waals surface area contributed by atoms with Crippen LogP contribution < -0.4 is 5.32 Å². The molecule has 1 saturated carbocycles. The molecular formula is C13H24N4O. The Bertz CT molecular complexity index is 362. The van der Waals surface area contributed by atoms with E-state index in [4.69, 9.17) is 4.74 Å². The van der Waals surface area contributed by atoms with Crippen LogP contribution in [0.15, 0.2) is 6.20 Å². The quantitative estimate of drug-likeness (QED) is 0.754. The summed E-state index contributed by atoms with van der Waals surface area (Å²) in [5, 5.41) is 11.8. The number of hydrogen-bond acceptors (Lipinski definition) is 4. The smallest absolute Gasteiger partial charge is 0.0843 e. The van der Waals surface area contributed by atoms with Crippen LogP contribution in [0.25, 0.3) is 0 Å². The summed E-state index contributed by atoms with van der Waals surface area (Å²) in [6.07, 6.45) is 6.91. The first-order valence-corrected chi connectivity index (χ1v) is 6.86. The molecule has 0 amide bonds. The fraction of sp³-hybridized carbons (Fsp3) is 0.846. The van der Waals surface area contributed by atoms with Crippen molar-refractivity contribution in [1.29, 1.82) is 0 Å². The molecule has 102 valence electrons. The van der Waals surface area contributed by atoms with E-state index in [0.29, 0.717) is 12.1 Å². The number of nitrogens with zero attached hydrogens (tertiary/aromatic N) is 3. The molecule has 0 bridgehead atoms. The highest BCUT2D eigenvalue weighted by molar-refractivity contribution is 5.00. The third-order valence-electron chi connectivity index (χ3n) is 3.49. The first-order chi connectivity index (χ1) is 8.74. The van der Waals surface area contributed by atoms with E-state index in [2.05, 4.69) is 22.6 Å². The summed E-state index contributed by atoms with van der Waals surface area (Å²) in [6, 6.07) is 0.346. The van der Waals surface area contributed by atoms with Crippen LogP contribution >= 0.6 is 0 Å². The molecule has 1 N–H and O–H groups in total. The monoisotopic (exact) mass is 252 g/mol. The fourth-order valence-corrected chi connectivity index (χ4v) is 2.46. The molecule has 2 unspecified atom stereocenters. The zero-order valence-electron chi connectivity index (χ0n) is 11.6. The maximum absolute atomic E-state index is 5.69. The zero-order valence-corrected chi connectivity index (χ0v) is 11.6. The Morgan fingerprint density at radius 3 is 2.83 bits per heavy atom. The Kier molecular flexibility index (Phi) is 4.72. The van der Waals surface area contributed by atoms with E-state index in [0.717, 1.165) is 31.0 Å². The van der Waals surface area contributed by atoms with Crippen LogP contribution in [0, 0.1) is 5.92 Å². The molecule has 1 aliphatic carbocycles. The summed E-state index contributed by atoms with van der Waals surface area (Å²) >= 11 is 0. The highest BCUT2D eigenvalue weighted by Gasteiger charge is 2.36. The molecule has 5 heteroatoms. The van der Waals surface area contributed by atoms with Gasteiger partial charge in [-0.05, 0) is 31.7 Å². The van der Waals surface area contributed by atoms with Gasteiger partial charge in [0.1, 0.15) is 0 Å². The molecule has 5 nitrogen and oxygen atoms in total. The van der Waals surface area contributed by atoms with E-state index in [1.165, 1.54) is 12.8 Å². The molecule has 0 spiro atoms. The van der Waals surface area contributed by atoms with Gasteiger partial charge >= 0.3 is 0 Å². The van der Waals surface area contributed by atoms with Gasteiger partial charge in [-0.15, -0.1) is 5.10 Å². The number of hydrogen-bond donors (Lipinski definition) is 1. The van der Waals surface area contributed by atoms with Crippen molar-refractivity contribution >= 4 is 0 Å². The van der Waals surface area contributed by atoms with Crippen LogP contribution in [0.4, 0.5) is 0 Å². The average Bonchev–Trinajstić information content (AvgIpc) is 3.11. The van der Waals surface area contributed by atoms with Crippen LogP contribution in [-0.2, 0) is 18.2 Å². The van der Waals surface area contributed by atoms with E-state index < -0.39 is 0 Å². The van der Waals surface area contributed by atoms with Crippen molar-refractivity contribution in [2.45, 2.75) is 44.8 Å². The molecule has 1 aliphatic rings. The van der Waals surface area contributed by atoms with Crippen LogP contribution in [0.5, 0.6) is 0 Å². The van der Waals surface area contributed by atoms with Crippen LogP contribution in [-0.4, -0.2) is 40.8 Å². The van der Waals surface area contributed by atoms with Gasteiger partial charge in [0.05, 0.1) is 11.8 Å². The normalized spacial score (nSPS) is 18.8. The topological polar surface area (TPSA) is 52.0 Å². The number of ether oxygens (including phenoxy) is 1. The largest absolute Gasteiger partial charge is 0.380 e. The number of nitrogens with one attached hydrogen (secondary N) is 1. The van der Waals surface area contributed by atoms with Crippen molar-refractivity contribution in [2.75, 3.05) is 13.7 Å². The molecule has 0 aliphatic heterocycles. The van der Waals surface area contributed by atoms with Crippen molar-refractivity contribution in [3.05, 3.63) is 11.9 Å². The maximum Gasteiger partial charge on any atom is 0.0843 e. The third kappa shape index (κ3) is 3.53. The van der Waals surface area contributed by atoms with Gasteiger partial charge < -0.3 is 10.1 Å². The van der Waals surface area contributed by atoms with Crippen molar-refractivity contribution in [2.24, 2.45) is 13.0 Å². The lowest BCUT2D eigenvalue weighted by molar-refractivity contribution is 0.0508. The first kappa shape index (κ1) is 13.5. The van der Waals surface area contributed by atoms with Crippen molar-refractivity contribution in [3.8, 4) is 0 Å². The molecule has 2 atom stereocenters. The summed E-state index contributed by atoms with van der Waals surface area (Å²) in [4.78, 5) is 0. The summed E-state index contributed by atoms with van der Waals surface area (Å²) in [5.41, 5.74) is 1.04. The van der Waals surface area contributed by atoms with Crippen LogP contribution in [0.3, 0.4) is 0 Å². The molecule has 0 saturated heterocycles. The second-order valence-electron chi connectivity index (χ2n) is 5.19. The van der Waals surface area contributed by atoms with E-state index >= 15 is 0 Å². The zero-order chi connectivity index (χ0) is 13.0. The van der Waals surface area contributed by atoms with Gasteiger partial charge in [-0.2, -0.15) is 0 Å². The number of aryl methyl sites for hydroxylation is 1. The number of aromatic nitrogens is 3. The Hall–Kier alpha value is -0.940. The third-order valence-corrected chi connectivity index (χ3v) is 3.49. The van der Waals surface area contributed by atoms with Crippen LogP contribution in [0.2, 0.25) is 0 Å². The number of methoxy groups -OCH3 is 1. The minimum atomic E-state index is 0.304. The second kappa shape index (κ2) is 6.29. The predicted molar refractivity (Wildman–Crippen MR) is 70.3 cm³/mol. The number of rotatable bonds is 8. The minimum absolute atomic E-state index is 0.304. The first-order valence-electron chi connectivity index (χ1n) is 6.86. The molecule has 0 aromatic carbocycles. The maximum atomic E-state index is 5.69. The highest BCUT2D eigenvalue weighted by atomic mass is 16.5. The van der Waals surface area contributed by atoms with Gasteiger partial charge in [0.2, 0.25) is 0 Å². The van der Waals surface area contributed by atoms with Gasteiger partial charge in [0.15, 0.2) is 0 Å². The van der Waals surface area contributed by atoms with Crippen molar-refractivity contribution < 1.29 is 4.74 Å². The van der Waals surface area contributed by atoms with E-state index in [1.54, 1.807) is 4.68 Å². The Morgan fingerprint density at radius 2 is 2.33 bits per heavy atom. The van der Waals surface area contributed by atoms with E-state index in [-0.39, 0.29) is 0 Å². The summed E-state index contributed by atoms with van der Waals surface area (Å²) in [6.45, 7) is 3.21. The summed E-state index contributed by atoms with van der Waals surface area (Å²) < 4.78 is 7.45. The van der Waals surface area contributed by atoms with E-state index in [1.807, 2.05) is 20.4 Å². The Labute approximate surface area is 109 Å². The summed E-state index contributed by atoms with van der Waals surface area (Å²) in [5.74, 6) is 0.723. The Balaban J connectivity index is 1.98. The second-order valence-corrected chi connectivity index (χ2v) is 5.19. The van der Waals surface area contributed by atoms with Gasteiger partial charge in [-0.25, -0.2) is 0 Å². The Morgan fingerprint density at radius 1 is 1.56 bits per heavy atom. The van der Waals surface area contributed by atoms with Crippen molar-refractivity contribution in [3.63, 3.8) is 0 Å². The minimum Gasteiger partial charge on any atom is -0.380 e. The molecule has 1 heterocycles. The SMILES string of the molecule is CCCNC(Cc1cn(C)nn1)C(OC)C1CC1. The van der Waals surface area contributed by atoms with E-state index in [9.17, 15) is 0 Å². The van der Waals surface area contributed by atoms with Gasteiger partial charge in [0.25, 0.3) is 0 Å². The molecule has 2 rings (SSSR count). The molecule has 18 heavy (non-hydrogen) atoms. The lowest BCUT2D eigenvalue weighted by Gasteiger charge is -2.26. The fourth-order valence-electron chi connectivity index (χ4n) is 2.46. The lowest BCUT2D eigenvalue weighted by Crippen LogP contribution is -2.44. The van der Waals surface area contributed by atoms with Crippen molar-refractivity contribution in [1.82, 2.24) is 20.3 Å². The predicted octanol–water partition coefficient (Wildman–Crippen LogP) is 1.15. The van der Waals surface area contributed by atoms with Crippen LogP contribution in [0.1, 0.15) is 31.9 Å². The molecule has 1 fully saturated rings. The lowest BCUT2D eigenvalue weighted by atomic mass is 10.0. The molecule has 1 aromatic rings. The molecule has 1 aromatic heterocycles. The van der Waals surface area contributed by atoms with Gasteiger partial charge in [0, 0.05) is 32.8 Å². The summed E-state index contributed by atoms with van der Waals surface area (Å²) in [7, 11) is 3.72. The highest BCUT2D eigenvalue weighted by Crippen LogP contribution is 2.36. The molecular weight excluding hydrogens is 228 g/mol. The van der Waals surface area contributed by atoms with Gasteiger partial charge in [-0.1, -0.05) is 12.1 Å². The average molecular weight is 252 g/mol. The standard InChI is InChI=1S/C13H24N4O/c1-4-7-14-12(13(18-3)10-5-6-10)8-11-9-17(2)16-15-11/h9-10,12-14H,4-8H2,1-3H3. The molecule has 0 radical (unpaired) electrons.